The van der Waals surface area contributed by atoms with E-state index >= 15 is 0 Å². The molecule has 0 aliphatic rings. The molecule has 1 N–H and O–H groups in total. The Morgan fingerprint density at radius 2 is 2.11 bits per heavy atom. The maximum atomic E-state index is 11.9. The molecule has 0 fully saturated rings. The van der Waals surface area contributed by atoms with Crippen molar-refractivity contribution >= 4 is 31.7 Å². The second-order valence-electron chi connectivity index (χ2n) is 4.26. The lowest BCUT2D eigenvalue weighted by molar-refractivity contribution is -0.140. The Labute approximate surface area is 114 Å². The number of sulfone groups is 1. The third-order valence-electron chi connectivity index (χ3n) is 2.54. The minimum atomic E-state index is -3.48. The normalized spacial score (nSPS) is 13.6. The largest absolute Gasteiger partial charge is 0.481 e. The van der Waals surface area contributed by atoms with Crippen LogP contribution in [0.4, 0.5) is 0 Å². The fourth-order valence-corrected chi connectivity index (χ4v) is 3.99. The number of hydrogen-bond acceptors (Lipinski definition) is 4. The molecule has 1 atom stereocenters. The number of aromatic nitrogens is 2. The van der Waals surface area contributed by atoms with Gasteiger partial charge in [-0.3, -0.25) is 9.48 Å². The minimum Gasteiger partial charge on any atom is -0.481 e. The van der Waals surface area contributed by atoms with Gasteiger partial charge < -0.3 is 5.11 Å². The van der Waals surface area contributed by atoms with Gasteiger partial charge in [-0.05, 0) is 22.9 Å². The number of halogens is 1. The van der Waals surface area contributed by atoms with Gasteiger partial charge in [0.25, 0.3) is 0 Å². The first kappa shape index (κ1) is 15.2. The van der Waals surface area contributed by atoms with Gasteiger partial charge in [-0.1, -0.05) is 6.92 Å². The molecule has 8 heteroatoms. The zero-order chi connectivity index (χ0) is 14.1. The number of carbonyl (C=O) groups is 1. The van der Waals surface area contributed by atoms with E-state index in [1.165, 1.54) is 11.6 Å². The summed E-state index contributed by atoms with van der Waals surface area (Å²) in [6, 6.07) is 0. The zero-order valence-corrected chi connectivity index (χ0v) is 12.7. The lowest BCUT2D eigenvalue weighted by Crippen LogP contribution is -2.22. The third-order valence-corrected chi connectivity index (χ3v) is 5.30. The van der Waals surface area contributed by atoms with Crippen LogP contribution in [0.3, 0.4) is 0 Å². The van der Waals surface area contributed by atoms with Crippen molar-refractivity contribution in [3.05, 3.63) is 15.9 Å². The van der Waals surface area contributed by atoms with Crippen molar-refractivity contribution in [3.8, 4) is 0 Å². The van der Waals surface area contributed by atoms with Gasteiger partial charge in [0.1, 0.15) is 0 Å². The molecule has 0 amide bonds. The van der Waals surface area contributed by atoms with E-state index in [1.54, 1.807) is 14.0 Å². The highest BCUT2D eigenvalue weighted by Gasteiger charge is 2.24. The number of nitrogens with zero attached hydrogens (tertiary/aromatic N) is 2. The average Bonchev–Trinajstić information content (AvgIpc) is 2.44. The smallest absolute Gasteiger partial charge is 0.307 e. The summed E-state index contributed by atoms with van der Waals surface area (Å²) in [6.45, 7) is 3.14. The molecular formula is C10H15BrN2O4S. The molecule has 0 aliphatic heterocycles. The Hall–Kier alpha value is -0.890. The van der Waals surface area contributed by atoms with E-state index in [4.69, 9.17) is 5.11 Å². The monoisotopic (exact) mass is 338 g/mol. The van der Waals surface area contributed by atoms with Crippen molar-refractivity contribution in [2.75, 3.05) is 5.75 Å². The molecule has 1 heterocycles. The van der Waals surface area contributed by atoms with Crippen molar-refractivity contribution in [2.45, 2.75) is 19.6 Å². The standard InChI is InChI=1S/C10H15BrN2O4S/c1-6(10(14)15)4-18(16,17)5-8-9(11)7(2)12-13(8)3/h6H,4-5H2,1-3H3,(H,14,15). The number of carboxylic acids is 1. The van der Waals surface area contributed by atoms with E-state index in [0.29, 0.717) is 15.9 Å². The van der Waals surface area contributed by atoms with Crippen LogP contribution >= 0.6 is 15.9 Å². The molecule has 18 heavy (non-hydrogen) atoms. The highest BCUT2D eigenvalue weighted by molar-refractivity contribution is 9.10. The molecule has 1 unspecified atom stereocenters. The van der Waals surface area contributed by atoms with Gasteiger partial charge in [0.2, 0.25) is 0 Å². The molecule has 0 radical (unpaired) electrons. The van der Waals surface area contributed by atoms with E-state index in [9.17, 15) is 13.2 Å². The fraction of sp³-hybridized carbons (Fsp3) is 0.600. The molecule has 6 nitrogen and oxygen atoms in total. The summed E-state index contributed by atoms with van der Waals surface area (Å²) in [7, 11) is -1.83. The van der Waals surface area contributed by atoms with Crippen molar-refractivity contribution < 1.29 is 18.3 Å². The molecule has 1 rings (SSSR count). The van der Waals surface area contributed by atoms with Crippen LogP contribution in [0.2, 0.25) is 0 Å². The maximum absolute atomic E-state index is 11.9. The van der Waals surface area contributed by atoms with Crippen LogP contribution < -0.4 is 0 Å². The number of carboxylic acid groups (broad SMARTS) is 1. The Bertz CT molecular complexity index is 565. The second-order valence-corrected chi connectivity index (χ2v) is 7.17. The molecule has 0 bridgehead atoms. The molecule has 0 aliphatic carbocycles. The number of aliphatic carboxylic acids is 1. The SMILES string of the molecule is Cc1nn(C)c(CS(=O)(=O)CC(C)C(=O)O)c1Br. The van der Waals surface area contributed by atoms with Gasteiger partial charge in [0, 0.05) is 7.05 Å². The van der Waals surface area contributed by atoms with Crippen LogP contribution in [0.25, 0.3) is 0 Å². The van der Waals surface area contributed by atoms with Gasteiger partial charge in [-0.15, -0.1) is 0 Å². The molecule has 0 spiro atoms. The van der Waals surface area contributed by atoms with Crippen LogP contribution in [-0.2, 0) is 27.4 Å². The van der Waals surface area contributed by atoms with Crippen LogP contribution in [0.5, 0.6) is 0 Å². The van der Waals surface area contributed by atoms with E-state index in [1.807, 2.05) is 0 Å². The average molecular weight is 339 g/mol. The topological polar surface area (TPSA) is 89.3 Å². The summed E-state index contributed by atoms with van der Waals surface area (Å²) in [5, 5.41) is 12.8. The third kappa shape index (κ3) is 3.55. The van der Waals surface area contributed by atoms with Gasteiger partial charge in [0.05, 0.1) is 33.3 Å². The molecule has 0 saturated heterocycles. The Morgan fingerprint density at radius 1 is 1.56 bits per heavy atom. The quantitative estimate of drug-likeness (QED) is 0.869. The molecule has 102 valence electrons. The second kappa shape index (κ2) is 5.40. The fourth-order valence-electron chi connectivity index (χ4n) is 1.56. The van der Waals surface area contributed by atoms with E-state index in [0.717, 1.165) is 0 Å². The zero-order valence-electron chi connectivity index (χ0n) is 10.3. The number of rotatable bonds is 5. The van der Waals surface area contributed by atoms with Crippen molar-refractivity contribution in [3.63, 3.8) is 0 Å². The van der Waals surface area contributed by atoms with Gasteiger partial charge in [-0.2, -0.15) is 5.10 Å². The summed E-state index contributed by atoms with van der Waals surface area (Å²) >= 11 is 3.28. The lowest BCUT2D eigenvalue weighted by Gasteiger charge is -2.08. The first-order valence-electron chi connectivity index (χ1n) is 5.25. The molecule has 0 saturated carbocycles. The minimum absolute atomic E-state index is 0.220. The van der Waals surface area contributed by atoms with Gasteiger partial charge >= 0.3 is 5.97 Å². The van der Waals surface area contributed by atoms with Crippen molar-refractivity contribution in [1.82, 2.24) is 9.78 Å². The summed E-state index contributed by atoms with van der Waals surface area (Å²) in [5.41, 5.74) is 1.24. The highest BCUT2D eigenvalue weighted by Crippen LogP contribution is 2.22. The highest BCUT2D eigenvalue weighted by atomic mass is 79.9. The predicted octanol–water partition coefficient (Wildman–Crippen LogP) is 1.13. The first-order valence-corrected chi connectivity index (χ1v) is 7.86. The van der Waals surface area contributed by atoms with Crippen molar-refractivity contribution in [2.24, 2.45) is 13.0 Å². The van der Waals surface area contributed by atoms with Crippen molar-refractivity contribution in [1.29, 1.82) is 0 Å². The maximum Gasteiger partial charge on any atom is 0.307 e. The summed E-state index contributed by atoms with van der Waals surface area (Å²) < 4.78 is 25.9. The number of hydrogen-bond donors (Lipinski definition) is 1. The van der Waals surface area contributed by atoms with Gasteiger partial charge in [-0.25, -0.2) is 8.42 Å². The molecular weight excluding hydrogens is 324 g/mol. The molecule has 1 aromatic rings. The molecule has 1 aromatic heterocycles. The van der Waals surface area contributed by atoms with Crippen LogP contribution in [0.15, 0.2) is 4.47 Å². The Balaban J connectivity index is 2.93. The first-order chi connectivity index (χ1) is 8.14. The Kier molecular flexibility index (Phi) is 4.55. The van der Waals surface area contributed by atoms with Crippen LogP contribution in [0, 0.1) is 12.8 Å². The summed E-state index contributed by atoms with van der Waals surface area (Å²) in [5.74, 6) is -2.62. The molecule has 0 aromatic carbocycles. The lowest BCUT2D eigenvalue weighted by atomic mass is 10.2. The van der Waals surface area contributed by atoms with E-state index < -0.39 is 21.7 Å². The van der Waals surface area contributed by atoms with Gasteiger partial charge in [0.15, 0.2) is 9.84 Å². The van der Waals surface area contributed by atoms with E-state index in [-0.39, 0.29) is 11.5 Å². The van der Waals surface area contributed by atoms with Crippen LogP contribution in [-0.4, -0.2) is 35.0 Å². The predicted molar refractivity (Wildman–Crippen MR) is 69.9 cm³/mol. The van der Waals surface area contributed by atoms with E-state index in [2.05, 4.69) is 21.0 Å². The number of aryl methyl sites for hydroxylation is 2. The van der Waals surface area contributed by atoms with Crippen LogP contribution in [0.1, 0.15) is 18.3 Å². The summed E-state index contributed by atoms with van der Waals surface area (Å²) in [6.07, 6.45) is 0. The Morgan fingerprint density at radius 3 is 2.50 bits per heavy atom. The summed E-state index contributed by atoms with van der Waals surface area (Å²) in [4.78, 5) is 10.7.